The van der Waals surface area contributed by atoms with Gasteiger partial charge in [0.05, 0.1) is 0 Å². The lowest BCUT2D eigenvalue weighted by atomic mass is 10.3. The average molecular weight is 214 g/mol. The first-order valence-electron chi connectivity index (χ1n) is 3.39. The topological polar surface area (TPSA) is 3.88 Å². The fraction of sp³-hybridized carbons (Fsp3) is 0.222. The maximum atomic E-state index is 3.66. The van der Waals surface area contributed by atoms with Crippen molar-refractivity contribution in [2.75, 3.05) is 0 Å². The first-order valence-corrected chi connectivity index (χ1v) is 3.39. The van der Waals surface area contributed by atoms with Gasteiger partial charge in [-0.2, -0.15) is 0 Å². The van der Waals surface area contributed by atoms with Crippen molar-refractivity contribution >= 4 is 0 Å². The van der Waals surface area contributed by atoms with E-state index in [1.165, 1.54) is 5.56 Å². The van der Waals surface area contributed by atoms with Gasteiger partial charge in [-0.1, -0.05) is 6.58 Å². The second kappa shape index (κ2) is 5.08. The maximum Gasteiger partial charge on any atom is 0.169 e. The Morgan fingerprint density at radius 1 is 1.45 bits per heavy atom. The van der Waals surface area contributed by atoms with Crippen molar-refractivity contribution in [3.8, 4) is 0 Å². The van der Waals surface area contributed by atoms with Crippen LogP contribution in [0, 0.1) is 6.92 Å². The van der Waals surface area contributed by atoms with Crippen LogP contribution in [0.2, 0.25) is 0 Å². The van der Waals surface area contributed by atoms with Crippen molar-refractivity contribution in [1.82, 2.24) is 0 Å². The number of aryl methyl sites for hydroxylation is 1. The molecule has 0 radical (unpaired) electrons. The van der Waals surface area contributed by atoms with Crippen molar-refractivity contribution in [1.29, 1.82) is 0 Å². The van der Waals surface area contributed by atoms with E-state index in [-0.39, 0.29) is 17.0 Å². The maximum absolute atomic E-state index is 3.66. The zero-order valence-electron chi connectivity index (χ0n) is 6.63. The molecule has 0 fully saturated rings. The quantitative estimate of drug-likeness (QED) is 0.415. The number of aromatic nitrogens is 1. The molecule has 0 aliphatic heterocycles. The Bertz CT molecular complexity index is 216. The van der Waals surface area contributed by atoms with E-state index in [4.69, 9.17) is 0 Å². The first-order chi connectivity index (χ1) is 4.83. The Kier molecular flexibility index (Phi) is 4.79. The number of pyridine rings is 1. The van der Waals surface area contributed by atoms with Gasteiger partial charge in [0.25, 0.3) is 0 Å². The van der Waals surface area contributed by atoms with E-state index in [0.717, 1.165) is 6.54 Å². The van der Waals surface area contributed by atoms with Crippen molar-refractivity contribution in [3.05, 3.63) is 42.7 Å². The molecule has 0 aromatic carbocycles. The molecule has 1 aromatic heterocycles. The predicted molar refractivity (Wildman–Crippen MR) is 41.6 cm³/mol. The lowest BCUT2D eigenvalue weighted by Crippen LogP contribution is -3.00. The van der Waals surface area contributed by atoms with Gasteiger partial charge in [-0.3, -0.25) is 0 Å². The molecule has 1 aromatic rings. The predicted octanol–water partition coefficient (Wildman–Crippen LogP) is -1.53. The highest BCUT2D eigenvalue weighted by Gasteiger charge is 1.92. The minimum Gasteiger partial charge on any atom is -1.00 e. The van der Waals surface area contributed by atoms with E-state index in [2.05, 4.69) is 42.6 Å². The SMILES string of the molecule is C=CC[n+]1ccc(C)cc1.[Br-]. The van der Waals surface area contributed by atoms with Gasteiger partial charge in [-0.05, 0) is 18.6 Å². The van der Waals surface area contributed by atoms with Crippen LogP contribution in [0.15, 0.2) is 37.2 Å². The summed E-state index contributed by atoms with van der Waals surface area (Å²) in [6, 6.07) is 4.17. The molecule has 0 amide bonds. The van der Waals surface area contributed by atoms with E-state index in [1.54, 1.807) is 0 Å². The summed E-state index contributed by atoms with van der Waals surface area (Å²) in [7, 11) is 0. The van der Waals surface area contributed by atoms with Crippen LogP contribution in [-0.4, -0.2) is 0 Å². The average Bonchev–Trinajstić information content (AvgIpc) is 1.95. The third-order valence-corrected chi connectivity index (χ3v) is 1.40. The van der Waals surface area contributed by atoms with Gasteiger partial charge in [0, 0.05) is 12.1 Å². The normalized spacial score (nSPS) is 8.45. The van der Waals surface area contributed by atoms with E-state index >= 15 is 0 Å². The van der Waals surface area contributed by atoms with Crippen molar-refractivity contribution < 1.29 is 21.5 Å². The highest BCUT2D eigenvalue weighted by molar-refractivity contribution is 5.03. The summed E-state index contributed by atoms with van der Waals surface area (Å²) in [6.07, 6.45) is 5.99. The molecule has 0 spiro atoms. The summed E-state index contributed by atoms with van der Waals surface area (Å²) in [5, 5.41) is 0. The summed E-state index contributed by atoms with van der Waals surface area (Å²) in [5.74, 6) is 0. The Balaban J connectivity index is 0.000001000. The van der Waals surface area contributed by atoms with Crippen LogP contribution in [-0.2, 0) is 6.54 Å². The van der Waals surface area contributed by atoms with Gasteiger partial charge in [-0.15, -0.1) is 0 Å². The van der Waals surface area contributed by atoms with Crippen LogP contribution in [0.3, 0.4) is 0 Å². The second-order valence-electron chi connectivity index (χ2n) is 2.36. The first kappa shape index (κ1) is 10.4. The van der Waals surface area contributed by atoms with E-state index < -0.39 is 0 Å². The Morgan fingerprint density at radius 2 is 2.00 bits per heavy atom. The molecule has 60 valence electrons. The van der Waals surface area contributed by atoms with Gasteiger partial charge < -0.3 is 17.0 Å². The molecule has 0 bridgehead atoms. The van der Waals surface area contributed by atoms with E-state index in [1.807, 2.05) is 6.08 Å². The molecule has 0 N–H and O–H groups in total. The lowest BCUT2D eigenvalue weighted by Gasteiger charge is -1.90. The lowest BCUT2D eigenvalue weighted by molar-refractivity contribution is -0.687. The summed E-state index contributed by atoms with van der Waals surface area (Å²) >= 11 is 0. The molecule has 11 heavy (non-hydrogen) atoms. The molecule has 0 unspecified atom stereocenters. The summed E-state index contributed by atoms with van der Waals surface area (Å²) in [4.78, 5) is 0. The van der Waals surface area contributed by atoms with Crippen LogP contribution >= 0.6 is 0 Å². The molecule has 0 aliphatic carbocycles. The molecule has 0 atom stereocenters. The zero-order chi connectivity index (χ0) is 7.40. The molecule has 2 heteroatoms. The number of allylic oxidation sites excluding steroid dienone is 1. The number of nitrogens with zero attached hydrogens (tertiary/aromatic N) is 1. The van der Waals surface area contributed by atoms with Crippen molar-refractivity contribution in [3.63, 3.8) is 0 Å². The Morgan fingerprint density at radius 3 is 2.45 bits per heavy atom. The highest BCUT2D eigenvalue weighted by Crippen LogP contribution is 1.89. The van der Waals surface area contributed by atoms with Crippen LogP contribution in [0.5, 0.6) is 0 Å². The molecular formula is C9H12BrN. The van der Waals surface area contributed by atoms with E-state index in [0.29, 0.717) is 0 Å². The monoisotopic (exact) mass is 213 g/mol. The number of halogens is 1. The highest BCUT2D eigenvalue weighted by atomic mass is 79.9. The standard InChI is InChI=1S/C9H12N.BrH/c1-3-6-10-7-4-9(2)5-8-10;/h3-5,7-8H,1,6H2,2H3;1H/q+1;/p-1. The Hall–Kier alpha value is -0.630. The molecule has 0 aliphatic rings. The van der Waals surface area contributed by atoms with Crippen LogP contribution in [0.25, 0.3) is 0 Å². The van der Waals surface area contributed by atoms with Gasteiger partial charge in [-0.25, -0.2) is 4.57 Å². The third-order valence-electron chi connectivity index (χ3n) is 1.40. The molecule has 0 saturated heterocycles. The van der Waals surface area contributed by atoms with E-state index in [9.17, 15) is 0 Å². The molecule has 1 heterocycles. The number of rotatable bonds is 2. The van der Waals surface area contributed by atoms with Gasteiger partial charge in [0.1, 0.15) is 0 Å². The minimum atomic E-state index is 0. The molecule has 1 rings (SSSR count). The van der Waals surface area contributed by atoms with Gasteiger partial charge >= 0.3 is 0 Å². The zero-order valence-corrected chi connectivity index (χ0v) is 8.21. The number of hydrogen-bond acceptors (Lipinski definition) is 0. The summed E-state index contributed by atoms with van der Waals surface area (Å²) in [6.45, 7) is 6.63. The smallest absolute Gasteiger partial charge is 0.169 e. The van der Waals surface area contributed by atoms with Gasteiger partial charge in [0.2, 0.25) is 0 Å². The summed E-state index contributed by atoms with van der Waals surface area (Å²) in [5.41, 5.74) is 1.29. The van der Waals surface area contributed by atoms with Gasteiger partial charge in [0.15, 0.2) is 18.9 Å². The van der Waals surface area contributed by atoms with Crippen molar-refractivity contribution in [2.45, 2.75) is 13.5 Å². The molecular weight excluding hydrogens is 202 g/mol. The molecule has 1 nitrogen and oxygen atoms in total. The van der Waals surface area contributed by atoms with Crippen LogP contribution in [0.4, 0.5) is 0 Å². The summed E-state index contributed by atoms with van der Waals surface area (Å²) < 4.78 is 2.08. The number of hydrogen-bond donors (Lipinski definition) is 0. The minimum absolute atomic E-state index is 0. The van der Waals surface area contributed by atoms with Crippen molar-refractivity contribution in [2.24, 2.45) is 0 Å². The fourth-order valence-corrected chi connectivity index (χ4v) is 0.803. The second-order valence-corrected chi connectivity index (χ2v) is 2.36. The van der Waals surface area contributed by atoms with Crippen LogP contribution in [0.1, 0.15) is 5.56 Å². The largest absolute Gasteiger partial charge is 1.00 e. The molecule has 0 saturated carbocycles. The fourth-order valence-electron chi connectivity index (χ4n) is 0.803. The Labute approximate surface area is 78.1 Å². The van der Waals surface area contributed by atoms with Crippen LogP contribution < -0.4 is 21.5 Å². The third kappa shape index (κ3) is 3.33.